The molecule has 0 saturated heterocycles. The van der Waals surface area contributed by atoms with Crippen LogP contribution in [0.2, 0.25) is 0 Å². The largest absolute Gasteiger partial charge is 0.340 e. The monoisotopic (exact) mass is 389 g/mol. The van der Waals surface area contributed by atoms with Crippen molar-refractivity contribution in [3.63, 3.8) is 0 Å². The van der Waals surface area contributed by atoms with Crippen molar-refractivity contribution < 1.29 is 13.2 Å². The van der Waals surface area contributed by atoms with Crippen LogP contribution < -0.4 is 4.31 Å². The Bertz CT molecular complexity index is 896. The zero-order valence-corrected chi connectivity index (χ0v) is 17.3. The molecule has 7 heteroatoms. The fourth-order valence-electron chi connectivity index (χ4n) is 2.67. The van der Waals surface area contributed by atoms with Crippen LogP contribution in [0, 0.1) is 13.8 Å². The first-order chi connectivity index (χ1) is 12.6. The van der Waals surface area contributed by atoms with Crippen molar-refractivity contribution in [2.45, 2.75) is 20.4 Å². The standard InChI is InChI=1S/C20H27N3O3S/c1-16-11-12-17(2)19(13-16)23(27(25,26)21(3)4)15-20(24)22(5)14-18-9-7-6-8-10-18/h6-13H,14-15H2,1-5H3. The summed E-state index contributed by atoms with van der Waals surface area (Å²) in [4.78, 5) is 14.3. The minimum Gasteiger partial charge on any atom is -0.340 e. The fourth-order valence-corrected chi connectivity index (χ4v) is 3.78. The molecule has 0 saturated carbocycles. The number of hydrogen-bond acceptors (Lipinski definition) is 3. The van der Waals surface area contributed by atoms with E-state index in [9.17, 15) is 13.2 Å². The quantitative estimate of drug-likeness (QED) is 0.731. The van der Waals surface area contributed by atoms with Gasteiger partial charge in [0.25, 0.3) is 0 Å². The molecular weight excluding hydrogens is 362 g/mol. The van der Waals surface area contributed by atoms with Gasteiger partial charge in [0.1, 0.15) is 6.54 Å². The van der Waals surface area contributed by atoms with Crippen molar-refractivity contribution in [2.24, 2.45) is 0 Å². The van der Waals surface area contributed by atoms with Gasteiger partial charge in [-0.3, -0.25) is 4.79 Å². The number of rotatable bonds is 7. The number of likely N-dealkylation sites (N-methyl/N-ethyl adjacent to an activating group) is 1. The molecule has 0 aliphatic carbocycles. The van der Waals surface area contributed by atoms with Gasteiger partial charge in [0.05, 0.1) is 5.69 Å². The molecule has 1 amide bonds. The summed E-state index contributed by atoms with van der Waals surface area (Å²) >= 11 is 0. The van der Waals surface area contributed by atoms with E-state index < -0.39 is 10.2 Å². The predicted molar refractivity (Wildman–Crippen MR) is 109 cm³/mol. The van der Waals surface area contributed by atoms with E-state index in [1.807, 2.05) is 56.3 Å². The Hall–Kier alpha value is -2.38. The summed E-state index contributed by atoms with van der Waals surface area (Å²) in [5.41, 5.74) is 3.23. The van der Waals surface area contributed by atoms with Crippen LogP contribution >= 0.6 is 0 Å². The highest BCUT2D eigenvalue weighted by Gasteiger charge is 2.29. The van der Waals surface area contributed by atoms with Gasteiger partial charge in [-0.25, -0.2) is 4.31 Å². The van der Waals surface area contributed by atoms with Gasteiger partial charge in [0.2, 0.25) is 5.91 Å². The zero-order chi connectivity index (χ0) is 20.2. The lowest BCUT2D eigenvalue weighted by molar-refractivity contribution is -0.128. The van der Waals surface area contributed by atoms with Crippen molar-refractivity contribution in [3.8, 4) is 0 Å². The highest BCUT2D eigenvalue weighted by atomic mass is 32.2. The summed E-state index contributed by atoms with van der Waals surface area (Å²) in [5.74, 6) is -0.273. The predicted octanol–water partition coefficient (Wildman–Crippen LogP) is 2.57. The third-order valence-electron chi connectivity index (χ3n) is 4.34. The molecule has 0 heterocycles. The average molecular weight is 390 g/mol. The van der Waals surface area contributed by atoms with E-state index in [0.717, 1.165) is 21.0 Å². The number of benzene rings is 2. The summed E-state index contributed by atoms with van der Waals surface area (Å²) in [7, 11) is 0.794. The van der Waals surface area contributed by atoms with Crippen LogP contribution in [0.1, 0.15) is 16.7 Å². The number of carbonyl (C=O) groups is 1. The minimum absolute atomic E-state index is 0.256. The SMILES string of the molecule is Cc1ccc(C)c(N(CC(=O)N(C)Cc2ccccc2)S(=O)(=O)N(C)C)c1. The van der Waals surface area contributed by atoms with Crippen molar-refractivity contribution in [1.29, 1.82) is 0 Å². The van der Waals surface area contributed by atoms with E-state index in [2.05, 4.69) is 0 Å². The summed E-state index contributed by atoms with van der Waals surface area (Å²) in [5, 5.41) is 0. The molecule has 2 aromatic carbocycles. The molecule has 2 aromatic rings. The summed E-state index contributed by atoms with van der Waals surface area (Å²) in [6.07, 6.45) is 0. The second-order valence-corrected chi connectivity index (χ2v) is 8.89. The third kappa shape index (κ3) is 5.08. The Balaban J connectivity index is 2.32. The molecule has 2 rings (SSSR count). The molecule has 0 bridgehead atoms. The fraction of sp³-hybridized carbons (Fsp3) is 0.350. The summed E-state index contributed by atoms with van der Waals surface area (Å²) < 4.78 is 28.1. The van der Waals surface area contributed by atoms with E-state index in [0.29, 0.717) is 12.2 Å². The number of aryl methyl sites for hydroxylation is 2. The molecule has 0 aromatic heterocycles. The number of nitrogens with zero attached hydrogens (tertiary/aromatic N) is 3. The Labute approximate surface area is 162 Å². The van der Waals surface area contributed by atoms with Crippen LogP contribution in [0.3, 0.4) is 0 Å². The van der Waals surface area contributed by atoms with Crippen LogP contribution in [0.5, 0.6) is 0 Å². The summed E-state index contributed by atoms with van der Waals surface area (Å²) in [6.45, 7) is 3.90. The molecule has 6 nitrogen and oxygen atoms in total. The smallest absolute Gasteiger partial charge is 0.304 e. The Kier molecular flexibility index (Phi) is 6.62. The molecule has 0 aliphatic rings. The highest BCUT2D eigenvalue weighted by Crippen LogP contribution is 2.25. The van der Waals surface area contributed by atoms with Crippen molar-refractivity contribution >= 4 is 21.8 Å². The Morgan fingerprint density at radius 1 is 0.963 bits per heavy atom. The van der Waals surface area contributed by atoms with E-state index in [-0.39, 0.29) is 12.5 Å². The molecule has 0 aliphatic heterocycles. The van der Waals surface area contributed by atoms with Crippen LogP contribution in [0.15, 0.2) is 48.5 Å². The number of anilines is 1. The van der Waals surface area contributed by atoms with Crippen LogP contribution in [-0.4, -0.2) is 51.2 Å². The van der Waals surface area contributed by atoms with Gasteiger partial charge >= 0.3 is 10.2 Å². The molecule has 0 unspecified atom stereocenters. The molecule has 0 N–H and O–H groups in total. The summed E-state index contributed by atoms with van der Waals surface area (Å²) in [6, 6.07) is 15.2. The lowest BCUT2D eigenvalue weighted by Crippen LogP contribution is -2.46. The minimum atomic E-state index is -3.81. The van der Waals surface area contributed by atoms with E-state index in [1.54, 1.807) is 18.0 Å². The highest BCUT2D eigenvalue weighted by molar-refractivity contribution is 7.90. The molecule has 0 spiro atoms. The van der Waals surface area contributed by atoms with Crippen molar-refractivity contribution in [3.05, 3.63) is 65.2 Å². The van der Waals surface area contributed by atoms with E-state index >= 15 is 0 Å². The Morgan fingerprint density at radius 3 is 2.19 bits per heavy atom. The molecule has 0 fully saturated rings. The lowest BCUT2D eigenvalue weighted by Gasteiger charge is -2.30. The van der Waals surface area contributed by atoms with Gasteiger partial charge < -0.3 is 4.90 Å². The van der Waals surface area contributed by atoms with Gasteiger partial charge in [0, 0.05) is 27.7 Å². The number of hydrogen-bond donors (Lipinski definition) is 0. The Morgan fingerprint density at radius 2 is 1.59 bits per heavy atom. The molecular formula is C20H27N3O3S. The van der Waals surface area contributed by atoms with Crippen molar-refractivity contribution in [1.82, 2.24) is 9.21 Å². The van der Waals surface area contributed by atoms with Gasteiger partial charge in [-0.1, -0.05) is 42.5 Å². The van der Waals surface area contributed by atoms with Crippen LogP contribution in [0.4, 0.5) is 5.69 Å². The maximum Gasteiger partial charge on any atom is 0.304 e. The van der Waals surface area contributed by atoms with Gasteiger partial charge in [-0.2, -0.15) is 12.7 Å². The topological polar surface area (TPSA) is 60.9 Å². The van der Waals surface area contributed by atoms with Gasteiger partial charge in [-0.05, 0) is 36.6 Å². The maximum absolute atomic E-state index is 12.9. The van der Waals surface area contributed by atoms with E-state index in [4.69, 9.17) is 0 Å². The first-order valence-electron chi connectivity index (χ1n) is 8.68. The molecule has 0 atom stereocenters. The van der Waals surface area contributed by atoms with Gasteiger partial charge in [0.15, 0.2) is 0 Å². The maximum atomic E-state index is 12.9. The second-order valence-electron chi connectivity index (χ2n) is 6.82. The number of amides is 1. The van der Waals surface area contributed by atoms with E-state index in [1.165, 1.54) is 18.4 Å². The van der Waals surface area contributed by atoms with Crippen molar-refractivity contribution in [2.75, 3.05) is 32.0 Å². The molecule has 0 radical (unpaired) electrons. The average Bonchev–Trinajstić information content (AvgIpc) is 2.62. The first-order valence-corrected chi connectivity index (χ1v) is 10.1. The zero-order valence-electron chi connectivity index (χ0n) is 16.5. The lowest BCUT2D eigenvalue weighted by atomic mass is 10.1. The van der Waals surface area contributed by atoms with Crippen LogP contribution in [-0.2, 0) is 21.5 Å². The third-order valence-corrected chi connectivity index (χ3v) is 6.15. The molecule has 146 valence electrons. The second kappa shape index (κ2) is 8.54. The van der Waals surface area contributed by atoms with Gasteiger partial charge in [-0.15, -0.1) is 0 Å². The number of carbonyl (C=O) groups excluding carboxylic acids is 1. The van der Waals surface area contributed by atoms with Crippen LogP contribution in [0.25, 0.3) is 0 Å². The normalized spacial score (nSPS) is 11.5. The molecule has 27 heavy (non-hydrogen) atoms. The first kappa shape index (κ1) is 20.9.